The van der Waals surface area contributed by atoms with Crippen molar-refractivity contribution in [1.82, 2.24) is 5.32 Å². The van der Waals surface area contributed by atoms with Crippen molar-refractivity contribution < 1.29 is 4.74 Å². The topological polar surface area (TPSA) is 21.3 Å². The Hall–Kier alpha value is -0.0800. The molecule has 0 saturated heterocycles. The number of nitrogens with one attached hydrogen (secondary N) is 1. The lowest BCUT2D eigenvalue weighted by Crippen LogP contribution is -2.36. The number of hydrogen-bond donors (Lipinski definition) is 1. The highest BCUT2D eigenvalue weighted by Gasteiger charge is 2.19. The van der Waals surface area contributed by atoms with Crippen LogP contribution >= 0.6 is 0 Å². The molecule has 1 saturated carbocycles. The molecule has 0 aromatic rings. The van der Waals surface area contributed by atoms with Crippen LogP contribution < -0.4 is 5.32 Å². The first kappa shape index (κ1) is 13.0. The second-order valence-corrected chi connectivity index (χ2v) is 5.06. The van der Waals surface area contributed by atoms with Gasteiger partial charge in [0.15, 0.2) is 0 Å². The lowest BCUT2D eigenvalue weighted by molar-refractivity contribution is 0.0778. The Labute approximate surface area is 94.8 Å². The molecule has 0 aromatic heterocycles. The van der Waals surface area contributed by atoms with Crippen LogP contribution in [0.4, 0.5) is 0 Å². The first-order chi connectivity index (χ1) is 7.20. The minimum Gasteiger partial charge on any atom is -0.377 e. The van der Waals surface area contributed by atoms with Gasteiger partial charge in [-0.3, -0.25) is 0 Å². The van der Waals surface area contributed by atoms with Crippen molar-refractivity contribution in [2.75, 3.05) is 13.2 Å². The van der Waals surface area contributed by atoms with Gasteiger partial charge in [0.05, 0.1) is 12.7 Å². The van der Waals surface area contributed by atoms with Crippen LogP contribution in [0.5, 0.6) is 0 Å². The molecule has 0 unspecified atom stereocenters. The van der Waals surface area contributed by atoms with Gasteiger partial charge in [0.25, 0.3) is 0 Å². The lowest BCUT2D eigenvalue weighted by Gasteiger charge is -2.28. The molecule has 0 aromatic carbocycles. The number of rotatable bonds is 6. The summed E-state index contributed by atoms with van der Waals surface area (Å²) in [6.07, 6.45) is 7.49. The van der Waals surface area contributed by atoms with Gasteiger partial charge in [-0.15, -0.1) is 0 Å². The van der Waals surface area contributed by atoms with Crippen LogP contribution in [0.3, 0.4) is 0 Å². The molecule has 1 atom stereocenters. The molecule has 0 radical (unpaired) electrons. The molecular formula is C13H27NO. The summed E-state index contributed by atoms with van der Waals surface area (Å²) in [6, 6.07) is 0.668. The van der Waals surface area contributed by atoms with Crippen LogP contribution in [-0.4, -0.2) is 25.3 Å². The summed E-state index contributed by atoms with van der Waals surface area (Å²) in [7, 11) is 0. The summed E-state index contributed by atoms with van der Waals surface area (Å²) in [4.78, 5) is 0. The van der Waals surface area contributed by atoms with Crippen LogP contribution in [0.25, 0.3) is 0 Å². The summed E-state index contributed by atoms with van der Waals surface area (Å²) >= 11 is 0. The highest BCUT2D eigenvalue weighted by Crippen LogP contribution is 2.26. The molecular weight excluding hydrogens is 186 g/mol. The average Bonchev–Trinajstić information content (AvgIpc) is 2.25. The molecule has 0 bridgehead atoms. The molecule has 2 heteroatoms. The molecule has 90 valence electrons. The van der Waals surface area contributed by atoms with Gasteiger partial charge in [0, 0.05) is 12.6 Å². The minimum atomic E-state index is 0.358. The van der Waals surface area contributed by atoms with E-state index in [1.807, 2.05) is 0 Å². The Morgan fingerprint density at radius 3 is 2.40 bits per heavy atom. The van der Waals surface area contributed by atoms with Gasteiger partial charge in [0.2, 0.25) is 0 Å². The average molecular weight is 213 g/mol. The molecule has 1 aliphatic carbocycles. The first-order valence-electron chi connectivity index (χ1n) is 6.55. The standard InChI is InChI=1S/C13H27NO/c1-11(2)15-10-9-14-12(3)13-7-5-4-6-8-13/h11-14H,4-10H2,1-3H3/t12-/m1/s1. The van der Waals surface area contributed by atoms with Gasteiger partial charge in [-0.25, -0.2) is 0 Å². The number of hydrogen-bond acceptors (Lipinski definition) is 2. The molecule has 2 nitrogen and oxygen atoms in total. The predicted molar refractivity (Wildman–Crippen MR) is 65.1 cm³/mol. The fourth-order valence-corrected chi connectivity index (χ4v) is 2.38. The number of ether oxygens (including phenoxy) is 1. The maximum Gasteiger partial charge on any atom is 0.0594 e. The fourth-order valence-electron chi connectivity index (χ4n) is 2.38. The zero-order valence-corrected chi connectivity index (χ0v) is 10.6. The SMILES string of the molecule is CC(C)OCCN[C@H](C)C1CCCCC1. The van der Waals surface area contributed by atoms with Crippen molar-refractivity contribution in [3.8, 4) is 0 Å². The van der Waals surface area contributed by atoms with E-state index in [1.54, 1.807) is 0 Å². The van der Waals surface area contributed by atoms with Gasteiger partial charge >= 0.3 is 0 Å². The zero-order chi connectivity index (χ0) is 11.1. The summed E-state index contributed by atoms with van der Waals surface area (Å²) in [5.74, 6) is 0.901. The largest absolute Gasteiger partial charge is 0.377 e. The molecule has 1 rings (SSSR count). The Morgan fingerprint density at radius 1 is 1.13 bits per heavy atom. The summed E-state index contributed by atoms with van der Waals surface area (Å²) in [5, 5.41) is 3.58. The molecule has 1 aliphatic rings. The van der Waals surface area contributed by atoms with E-state index < -0.39 is 0 Å². The Bertz CT molecular complexity index is 153. The lowest BCUT2D eigenvalue weighted by atomic mass is 9.84. The van der Waals surface area contributed by atoms with Crippen LogP contribution in [0.2, 0.25) is 0 Å². The van der Waals surface area contributed by atoms with Crippen LogP contribution in [0.15, 0.2) is 0 Å². The maximum absolute atomic E-state index is 5.52. The van der Waals surface area contributed by atoms with Gasteiger partial charge < -0.3 is 10.1 Å². The molecule has 0 spiro atoms. The van der Waals surface area contributed by atoms with Crippen molar-refractivity contribution in [1.29, 1.82) is 0 Å². The molecule has 0 amide bonds. The zero-order valence-electron chi connectivity index (χ0n) is 10.6. The van der Waals surface area contributed by atoms with Crippen molar-refractivity contribution in [2.24, 2.45) is 5.92 Å². The fraction of sp³-hybridized carbons (Fsp3) is 1.00. The minimum absolute atomic E-state index is 0.358. The summed E-state index contributed by atoms with van der Waals surface area (Å²) < 4.78 is 5.52. The smallest absolute Gasteiger partial charge is 0.0594 e. The Balaban J connectivity index is 2.04. The second-order valence-electron chi connectivity index (χ2n) is 5.06. The normalized spacial score (nSPS) is 20.8. The van der Waals surface area contributed by atoms with E-state index >= 15 is 0 Å². The van der Waals surface area contributed by atoms with E-state index in [2.05, 4.69) is 26.1 Å². The van der Waals surface area contributed by atoms with Crippen molar-refractivity contribution in [3.63, 3.8) is 0 Å². The van der Waals surface area contributed by atoms with E-state index in [-0.39, 0.29) is 0 Å². The summed E-state index contributed by atoms with van der Waals surface area (Å²) in [6.45, 7) is 8.34. The quantitative estimate of drug-likeness (QED) is 0.685. The van der Waals surface area contributed by atoms with E-state index in [1.165, 1.54) is 32.1 Å². The summed E-state index contributed by atoms with van der Waals surface area (Å²) in [5.41, 5.74) is 0. The third-order valence-corrected chi connectivity index (χ3v) is 3.38. The molecule has 1 fully saturated rings. The van der Waals surface area contributed by atoms with Crippen molar-refractivity contribution >= 4 is 0 Å². The van der Waals surface area contributed by atoms with E-state index in [9.17, 15) is 0 Å². The third kappa shape index (κ3) is 5.53. The second kappa shape index (κ2) is 7.24. The highest BCUT2D eigenvalue weighted by atomic mass is 16.5. The first-order valence-corrected chi connectivity index (χ1v) is 6.55. The van der Waals surface area contributed by atoms with Gasteiger partial charge in [0.1, 0.15) is 0 Å². The molecule has 0 heterocycles. The van der Waals surface area contributed by atoms with Crippen LogP contribution in [-0.2, 0) is 4.74 Å². The monoisotopic (exact) mass is 213 g/mol. The van der Waals surface area contributed by atoms with Gasteiger partial charge in [-0.2, -0.15) is 0 Å². The van der Waals surface area contributed by atoms with E-state index in [0.717, 1.165) is 19.1 Å². The van der Waals surface area contributed by atoms with Crippen molar-refractivity contribution in [2.45, 2.75) is 65.0 Å². The Morgan fingerprint density at radius 2 is 1.80 bits per heavy atom. The van der Waals surface area contributed by atoms with Crippen LogP contribution in [0.1, 0.15) is 52.9 Å². The van der Waals surface area contributed by atoms with E-state index in [4.69, 9.17) is 4.74 Å². The molecule has 1 N–H and O–H groups in total. The maximum atomic E-state index is 5.52. The third-order valence-electron chi connectivity index (χ3n) is 3.38. The van der Waals surface area contributed by atoms with Gasteiger partial charge in [-0.1, -0.05) is 19.3 Å². The van der Waals surface area contributed by atoms with Gasteiger partial charge in [-0.05, 0) is 39.5 Å². The molecule has 15 heavy (non-hydrogen) atoms. The Kier molecular flexibility index (Phi) is 6.26. The molecule has 0 aliphatic heterocycles. The highest BCUT2D eigenvalue weighted by molar-refractivity contribution is 4.75. The van der Waals surface area contributed by atoms with Crippen molar-refractivity contribution in [3.05, 3.63) is 0 Å². The predicted octanol–water partition coefficient (Wildman–Crippen LogP) is 2.97. The van der Waals surface area contributed by atoms with E-state index in [0.29, 0.717) is 12.1 Å². The van der Waals surface area contributed by atoms with Crippen LogP contribution in [0, 0.1) is 5.92 Å².